The Kier molecular flexibility index (Phi) is 7.58. The second-order valence-electron chi connectivity index (χ2n) is 5.91. The Morgan fingerprint density at radius 3 is 1.76 bits per heavy atom. The fourth-order valence-corrected chi connectivity index (χ4v) is 3.33. The van der Waals surface area contributed by atoms with Crippen LogP contribution in [0.5, 0.6) is 0 Å². The van der Waals surface area contributed by atoms with E-state index >= 15 is 0 Å². The van der Waals surface area contributed by atoms with E-state index in [0.717, 1.165) is 11.8 Å². The molecule has 0 saturated heterocycles. The summed E-state index contributed by atoms with van der Waals surface area (Å²) in [5.41, 5.74) is 3.16. The maximum atomic E-state index is 2.37. The molecule has 110 valence electrons. The molecule has 2 saturated carbocycles. The molecule has 0 aliphatic heterocycles. The fraction of sp³-hybridized carbons (Fsp3) is 0.450. The van der Waals surface area contributed by atoms with Gasteiger partial charge in [0.25, 0.3) is 0 Å². The number of hydrogen-bond acceptors (Lipinski definition) is 0. The van der Waals surface area contributed by atoms with Gasteiger partial charge in [-0.25, -0.2) is 36.1 Å². The van der Waals surface area contributed by atoms with Crippen LogP contribution >= 0.6 is 0 Å². The van der Waals surface area contributed by atoms with Gasteiger partial charge in [-0.2, -0.15) is 0 Å². The summed E-state index contributed by atoms with van der Waals surface area (Å²) >= 11 is 1.51. The van der Waals surface area contributed by atoms with Gasteiger partial charge < -0.3 is 0 Å². The molecule has 0 bridgehead atoms. The van der Waals surface area contributed by atoms with Gasteiger partial charge in [-0.05, 0) is 24.7 Å². The molecule has 0 aromatic heterocycles. The van der Waals surface area contributed by atoms with Gasteiger partial charge in [-0.15, -0.1) is 37.1 Å². The molecular formula is C20H26Zr. The normalized spacial score (nSPS) is 27.4. The summed E-state index contributed by atoms with van der Waals surface area (Å²) in [6, 6.07) is 0. The molecule has 0 nitrogen and oxygen atoms in total. The molecule has 2 unspecified atom stereocenters. The van der Waals surface area contributed by atoms with Crippen molar-refractivity contribution in [3.8, 4) is 0 Å². The van der Waals surface area contributed by atoms with E-state index in [2.05, 4.69) is 53.0 Å². The van der Waals surface area contributed by atoms with Crippen LogP contribution in [0.25, 0.3) is 0 Å². The van der Waals surface area contributed by atoms with Crippen molar-refractivity contribution in [1.29, 1.82) is 0 Å². The molecule has 4 aliphatic carbocycles. The first-order valence-electron chi connectivity index (χ1n) is 8.20. The summed E-state index contributed by atoms with van der Waals surface area (Å²) in [5, 5.41) is 0. The SMILES string of the molecule is C1=CCC2CC[CH-]C2=C1.C1=CCC2CC[CH-]C2=C1.C[CH]=[Zr+2]. The molecule has 0 amide bonds. The van der Waals surface area contributed by atoms with Crippen LogP contribution in [0.3, 0.4) is 0 Å². The molecule has 4 aliphatic rings. The van der Waals surface area contributed by atoms with Crippen molar-refractivity contribution in [2.24, 2.45) is 11.8 Å². The molecule has 0 N–H and O–H groups in total. The van der Waals surface area contributed by atoms with Crippen molar-refractivity contribution in [2.75, 3.05) is 0 Å². The first-order chi connectivity index (χ1) is 10.3. The van der Waals surface area contributed by atoms with Crippen LogP contribution in [-0.2, 0) is 24.2 Å². The molecule has 0 heterocycles. The Hall–Kier alpha value is -0.547. The Bertz CT molecular complexity index is 410. The molecule has 4 rings (SSSR count). The molecule has 0 spiro atoms. The third-order valence-electron chi connectivity index (χ3n) is 4.42. The Morgan fingerprint density at radius 2 is 1.38 bits per heavy atom. The Morgan fingerprint density at radius 1 is 0.952 bits per heavy atom. The quantitative estimate of drug-likeness (QED) is 0.514. The number of allylic oxidation sites excluding steroid dienone is 8. The molecule has 0 radical (unpaired) electrons. The Balaban J connectivity index is 0.000000130. The first-order valence-corrected chi connectivity index (χ1v) is 9.62. The topological polar surface area (TPSA) is 0 Å². The minimum absolute atomic E-state index is 0.884. The number of rotatable bonds is 0. The number of fused-ring (bicyclic) bond motifs is 2. The third-order valence-corrected chi connectivity index (χ3v) is 4.42. The van der Waals surface area contributed by atoms with Crippen LogP contribution in [-0.4, -0.2) is 3.71 Å². The van der Waals surface area contributed by atoms with E-state index in [4.69, 9.17) is 0 Å². The zero-order chi connectivity index (χ0) is 14.9. The van der Waals surface area contributed by atoms with E-state index in [1.807, 2.05) is 6.92 Å². The average Bonchev–Trinajstić information content (AvgIpc) is 3.17. The summed E-state index contributed by atoms with van der Waals surface area (Å²) < 4.78 is 2.09. The van der Waals surface area contributed by atoms with Crippen molar-refractivity contribution in [2.45, 2.75) is 45.4 Å². The zero-order valence-electron chi connectivity index (χ0n) is 13.1. The predicted octanol–water partition coefficient (Wildman–Crippen LogP) is 5.33. The average molecular weight is 358 g/mol. The fourth-order valence-electron chi connectivity index (χ4n) is 3.33. The summed E-state index contributed by atoms with van der Waals surface area (Å²) in [6.45, 7) is 2.04. The zero-order valence-corrected chi connectivity index (χ0v) is 15.6. The van der Waals surface area contributed by atoms with E-state index in [9.17, 15) is 0 Å². The summed E-state index contributed by atoms with van der Waals surface area (Å²) in [7, 11) is 0. The number of hydrogen-bond donors (Lipinski definition) is 0. The summed E-state index contributed by atoms with van der Waals surface area (Å²) in [5.74, 6) is 1.77. The molecular weight excluding hydrogens is 331 g/mol. The maximum absolute atomic E-state index is 2.37. The van der Waals surface area contributed by atoms with Crippen molar-refractivity contribution in [1.82, 2.24) is 0 Å². The van der Waals surface area contributed by atoms with Crippen molar-refractivity contribution >= 4 is 3.71 Å². The van der Waals surface area contributed by atoms with Gasteiger partial charge in [0, 0.05) is 0 Å². The first kappa shape index (κ1) is 16.8. The van der Waals surface area contributed by atoms with E-state index < -0.39 is 0 Å². The van der Waals surface area contributed by atoms with Crippen molar-refractivity contribution in [3.05, 3.63) is 60.4 Å². The van der Waals surface area contributed by atoms with Gasteiger partial charge in [-0.1, -0.05) is 12.8 Å². The van der Waals surface area contributed by atoms with Crippen molar-refractivity contribution < 1.29 is 24.2 Å². The summed E-state index contributed by atoms with van der Waals surface area (Å²) in [6.07, 6.45) is 26.1. The second-order valence-corrected chi connectivity index (χ2v) is 7.33. The van der Waals surface area contributed by atoms with E-state index in [0.29, 0.717) is 0 Å². The molecule has 2 atom stereocenters. The van der Waals surface area contributed by atoms with Gasteiger partial charge in [0.2, 0.25) is 0 Å². The standard InChI is InChI=1S/2C9H11.C2H4.Zr/c2*1-2-5-9-7-3-6-8(9)4-1;1-2;/h2*1-2,4,6,9H,3,5,7H2;1H,2H3;/q2*-1;;+2. The van der Waals surface area contributed by atoms with E-state index in [1.165, 1.54) is 62.8 Å². The van der Waals surface area contributed by atoms with Gasteiger partial charge in [-0.3, -0.25) is 0 Å². The molecule has 2 fully saturated rings. The van der Waals surface area contributed by atoms with Crippen LogP contribution in [0.15, 0.2) is 47.6 Å². The second kappa shape index (κ2) is 9.47. The van der Waals surface area contributed by atoms with Crippen LogP contribution in [0.1, 0.15) is 45.4 Å². The van der Waals surface area contributed by atoms with Crippen LogP contribution in [0.2, 0.25) is 0 Å². The van der Waals surface area contributed by atoms with Gasteiger partial charge in [0.05, 0.1) is 0 Å². The summed E-state index contributed by atoms with van der Waals surface area (Å²) in [4.78, 5) is 0. The van der Waals surface area contributed by atoms with Crippen LogP contribution in [0, 0.1) is 24.7 Å². The van der Waals surface area contributed by atoms with Crippen LogP contribution in [0.4, 0.5) is 0 Å². The minimum atomic E-state index is 0.884. The van der Waals surface area contributed by atoms with Gasteiger partial charge >= 0.3 is 34.9 Å². The Labute approximate surface area is 145 Å². The molecule has 0 aromatic rings. The van der Waals surface area contributed by atoms with Crippen LogP contribution < -0.4 is 0 Å². The van der Waals surface area contributed by atoms with Gasteiger partial charge in [0.15, 0.2) is 0 Å². The molecule has 1 heteroatoms. The van der Waals surface area contributed by atoms with E-state index in [-0.39, 0.29) is 0 Å². The van der Waals surface area contributed by atoms with Gasteiger partial charge in [0.1, 0.15) is 0 Å². The van der Waals surface area contributed by atoms with E-state index in [1.54, 1.807) is 11.1 Å². The predicted molar refractivity (Wildman–Crippen MR) is 89.5 cm³/mol. The monoisotopic (exact) mass is 356 g/mol. The molecule has 0 aromatic carbocycles. The third kappa shape index (κ3) is 5.29. The molecule has 21 heavy (non-hydrogen) atoms. The van der Waals surface area contributed by atoms with Crippen molar-refractivity contribution in [3.63, 3.8) is 0 Å².